The molecule has 0 spiro atoms. The highest BCUT2D eigenvalue weighted by atomic mass is 32.2. The average molecular weight is 464 g/mol. The van der Waals surface area contributed by atoms with Crippen molar-refractivity contribution in [2.24, 2.45) is 0 Å². The standard InChI is InChI=1S/C22H33N5O4S/c1-18-22(21(31-24-18)10-13-25(2)3)32(28,29)23-11-5-12-26-14-16-27(17-15-26)19-6-8-20(30-4)9-7-19/h6-10,13,23H,5,11-12,14-17H2,1-4H3/b13-10+. The first-order valence-corrected chi connectivity index (χ1v) is 12.2. The fraction of sp³-hybridized carbons (Fsp3) is 0.500. The number of nitrogens with zero attached hydrogens (tertiary/aromatic N) is 4. The second-order valence-electron chi connectivity index (χ2n) is 8.02. The molecule has 32 heavy (non-hydrogen) atoms. The van der Waals surface area contributed by atoms with E-state index in [1.807, 2.05) is 26.2 Å². The van der Waals surface area contributed by atoms with Crippen molar-refractivity contribution in [3.05, 3.63) is 41.9 Å². The van der Waals surface area contributed by atoms with Gasteiger partial charge in [0.05, 0.1) is 7.11 Å². The van der Waals surface area contributed by atoms with Crippen molar-refractivity contribution in [1.82, 2.24) is 19.7 Å². The molecule has 0 saturated carbocycles. The molecule has 1 aromatic heterocycles. The van der Waals surface area contributed by atoms with Crippen LogP contribution >= 0.6 is 0 Å². The van der Waals surface area contributed by atoms with Crippen LogP contribution in [0.3, 0.4) is 0 Å². The molecule has 0 radical (unpaired) electrons. The third kappa shape index (κ3) is 6.24. The van der Waals surface area contributed by atoms with Crippen LogP contribution < -0.4 is 14.4 Å². The van der Waals surface area contributed by atoms with E-state index in [1.165, 1.54) is 5.69 Å². The number of sulfonamides is 1. The fourth-order valence-electron chi connectivity index (χ4n) is 3.63. The van der Waals surface area contributed by atoms with Crippen LogP contribution in [0.4, 0.5) is 5.69 Å². The van der Waals surface area contributed by atoms with Crippen LogP contribution in [0, 0.1) is 6.92 Å². The van der Waals surface area contributed by atoms with E-state index in [4.69, 9.17) is 9.26 Å². The van der Waals surface area contributed by atoms with E-state index in [1.54, 1.807) is 31.2 Å². The predicted molar refractivity (Wildman–Crippen MR) is 125 cm³/mol. The van der Waals surface area contributed by atoms with Crippen molar-refractivity contribution in [3.63, 3.8) is 0 Å². The van der Waals surface area contributed by atoms with Crippen LogP contribution in [0.15, 0.2) is 39.9 Å². The van der Waals surface area contributed by atoms with Gasteiger partial charge in [-0.15, -0.1) is 0 Å². The molecule has 1 saturated heterocycles. The first kappa shape index (κ1) is 24.1. The smallest absolute Gasteiger partial charge is 0.246 e. The summed E-state index contributed by atoms with van der Waals surface area (Å²) in [4.78, 5) is 6.62. The van der Waals surface area contributed by atoms with Gasteiger partial charge in [0, 0.05) is 64.8 Å². The van der Waals surface area contributed by atoms with Gasteiger partial charge in [-0.2, -0.15) is 0 Å². The van der Waals surface area contributed by atoms with Crippen LogP contribution in [0.1, 0.15) is 17.9 Å². The molecule has 0 aliphatic carbocycles. The molecule has 176 valence electrons. The normalized spacial score (nSPS) is 15.4. The van der Waals surface area contributed by atoms with Crippen LogP contribution in [0.5, 0.6) is 5.75 Å². The van der Waals surface area contributed by atoms with Gasteiger partial charge in [-0.05, 0) is 44.2 Å². The number of hydrogen-bond donors (Lipinski definition) is 1. The monoisotopic (exact) mass is 463 g/mol. The molecule has 0 atom stereocenters. The van der Waals surface area contributed by atoms with Gasteiger partial charge in [0.2, 0.25) is 10.0 Å². The lowest BCUT2D eigenvalue weighted by Gasteiger charge is -2.36. The first-order valence-electron chi connectivity index (χ1n) is 10.7. The second kappa shape index (κ2) is 10.8. The van der Waals surface area contributed by atoms with Crippen LogP contribution in [-0.4, -0.2) is 83.8 Å². The molecular weight excluding hydrogens is 430 g/mol. The third-order valence-corrected chi connectivity index (χ3v) is 7.00. The van der Waals surface area contributed by atoms with Gasteiger partial charge in [-0.3, -0.25) is 4.90 Å². The Hall–Kier alpha value is -2.56. The minimum absolute atomic E-state index is 0.101. The molecule has 0 unspecified atom stereocenters. The molecule has 1 aliphatic heterocycles. The maximum Gasteiger partial charge on any atom is 0.246 e. The van der Waals surface area contributed by atoms with Gasteiger partial charge in [-0.1, -0.05) is 5.16 Å². The highest BCUT2D eigenvalue weighted by Gasteiger charge is 2.25. The summed E-state index contributed by atoms with van der Waals surface area (Å²) in [5.41, 5.74) is 1.55. The third-order valence-electron chi connectivity index (χ3n) is 5.38. The first-order chi connectivity index (χ1) is 15.3. The number of hydrogen-bond acceptors (Lipinski definition) is 8. The summed E-state index contributed by atoms with van der Waals surface area (Å²) < 4.78 is 38.7. The van der Waals surface area contributed by atoms with Crippen LogP contribution in [-0.2, 0) is 10.0 Å². The van der Waals surface area contributed by atoms with Gasteiger partial charge in [0.25, 0.3) is 0 Å². The van der Waals surface area contributed by atoms with E-state index in [9.17, 15) is 8.42 Å². The van der Waals surface area contributed by atoms with Crippen molar-refractivity contribution in [3.8, 4) is 5.75 Å². The van der Waals surface area contributed by atoms with Crippen molar-refractivity contribution in [1.29, 1.82) is 0 Å². The van der Waals surface area contributed by atoms with Gasteiger partial charge >= 0.3 is 0 Å². The Morgan fingerprint density at radius 2 is 1.88 bits per heavy atom. The predicted octanol–water partition coefficient (Wildman–Crippen LogP) is 2.01. The molecule has 2 aromatic rings. The lowest BCUT2D eigenvalue weighted by Crippen LogP contribution is -2.47. The number of methoxy groups -OCH3 is 1. The summed E-state index contributed by atoms with van der Waals surface area (Å²) in [7, 11) is 1.68. The molecule has 3 rings (SSSR count). The minimum Gasteiger partial charge on any atom is -0.497 e. The number of benzene rings is 1. The van der Waals surface area contributed by atoms with Gasteiger partial charge in [-0.25, -0.2) is 13.1 Å². The van der Waals surface area contributed by atoms with Crippen molar-refractivity contribution < 1.29 is 17.7 Å². The SMILES string of the molecule is COc1ccc(N2CCN(CCCNS(=O)(=O)c3c(C)noc3/C=C/N(C)C)CC2)cc1. The molecule has 10 heteroatoms. The van der Waals surface area contributed by atoms with E-state index in [0.717, 1.165) is 44.9 Å². The largest absolute Gasteiger partial charge is 0.497 e. The highest BCUT2D eigenvalue weighted by Crippen LogP contribution is 2.22. The Bertz CT molecular complexity index is 994. The molecule has 0 bridgehead atoms. The average Bonchev–Trinajstić information content (AvgIpc) is 3.17. The Labute approximate surface area is 190 Å². The molecule has 2 heterocycles. The Kier molecular flexibility index (Phi) is 8.16. The summed E-state index contributed by atoms with van der Waals surface area (Å²) in [6.45, 7) is 6.62. The van der Waals surface area contributed by atoms with Crippen molar-refractivity contribution >= 4 is 21.8 Å². The topological polar surface area (TPSA) is 91.2 Å². The lowest BCUT2D eigenvalue weighted by atomic mass is 10.2. The van der Waals surface area contributed by atoms with E-state index in [0.29, 0.717) is 12.2 Å². The van der Waals surface area contributed by atoms with E-state index < -0.39 is 10.0 Å². The number of anilines is 1. The zero-order chi connectivity index (χ0) is 23.1. The maximum atomic E-state index is 12.8. The number of nitrogens with one attached hydrogen (secondary N) is 1. The van der Waals surface area contributed by atoms with Gasteiger partial charge < -0.3 is 19.1 Å². The molecule has 1 aromatic carbocycles. The Balaban J connectivity index is 1.45. The number of piperazine rings is 1. The van der Waals surface area contributed by atoms with Crippen molar-refractivity contribution in [2.45, 2.75) is 18.2 Å². The number of ether oxygens (including phenoxy) is 1. The molecule has 0 amide bonds. The Morgan fingerprint density at radius 1 is 1.19 bits per heavy atom. The lowest BCUT2D eigenvalue weighted by molar-refractivity contribution is 0.255. The summed E-state index contributed by atoms with van der Waals surface area (Å²) in [6, 6.07) is 8.12. The van der Waals surface area contributed by atoms with E-state index >= 15 is 0 Å². The second-order valence-corrected chi connectivity index (χ2v) is 9.72. The molecule has 1 aliphatic rings. The zero-order valence-corrected chi connectivity index (χ0v) is 20.1. The minimum atomic E-state index is -3.69. The molecular formula is C22H33N5O4S. The summed E-state index contributed by atoms with van der Waals surface area (Å²) in [6.07, 6.45) is 4.07. The van der Waals surface area contributed by atoms with Crippen LogP contribution in [0.25, 0.3) is 6.08 Å². The Morgan fingerprint density at radius 3 is 2.50 bits per heavy atom. The molecule has 1 fully saturated rings. The maximum absolute atomic E-state index is 12.8. The highest BCUT2D eigenvalue weighted by molar-refractivity contribution is 7.89. The summed E-state index contributed by atoms with van der Waals surface area (Å²) in [5.74, 6) is 1.09. The fourth-order valence-corrected chi connectivity index (χ4v) is 4.99. The van der Waals surface area contributed by atoms with E-state index in [2.05, 4.69) is 31.8 Å². The molecule has 9 nitrogen and oxygen atoms in total. The number of aryl methyl sites for hydroxylation is 1. The van der Waals surface area contributed by atoms with E-state index in [-0.39, 0.29) is 10.7 Å². The summed E-state index contributed by atoms with van der Waals surface area (Å²) in [5, 5.41) is 3.82. The van der Waals surface area contributed by atoms with Crippen LogP contribution in [0.2, 0.25) is 0 Å². The molecule has 1 N–H and O–H groups in total. The zero-order valence-electron chi connectivity index (χ0n) is 19.2. The number of aromatic nitrogens is 1. The van der Waals surface area contributed by atoms with Gasteiger partial charge in [0.15, 0.2) is 10.7 Å². The quantitative estimate of drug-likeness (QED) is 0.535. The van der Waals surface area contributed by atoms with Crippen molar-refractivity contribution in [2.75, 3.05) is 65.4 Å². The number of rotatable bonds is 10. The van der Waals surface area contributed by atoms with Gasteiger partial charge in [0.1, 0.15) is 11.4 Å². The summed E-state index contributed by atoms with van der Waals surface area (Å²) >= 11 is 0.